The largest absolute Gasteiger partial charge is 0.396 e. The molecule has 6 nitrogen and oxygen atoms in total. The predicted molar refractivity (Wildman–Crippen MR) is 102 cm³/mol. The molecule has 1 amide bonds. The summed E-state index contributed by atoms with van der Waals surface area (Å²) in [6.07, 6.45) is 0.477. The number of benzene rings is 2. The van der Waals surface area contributed by atoms with Crippen LogP contribution in [0.2, 0.25) is 0 Å². The molecule has 0 bridgehead atoms. The summed E-state index contributed by atoms with van der Waals surface area (Å²) in [5, 5.41) is 10.3. The fraction of sp³-hybridized carbons (Fsp3) is 0.211. The van der Waals surface area contributed by atoms with Crippen LogP contribution in [0.1, 0.15) is 22.3 Å². The minimum absolute atomic E-state index is 0.00400. The van der Waals surface area contributed by atoms with E-state index in [1.807, 2.05) is 24.3 Å². The number of carbonyl (C=O) groups excluding carboxylic acids is 1. The van der Waals surface area contributed by atoms with Crippen molar-refractivity contribution in [3.63, 3.8) is 0 Å². The molecular formula is C19H19N3O3S. The molecule has 7 heteroatoms. The van der Waals surface area contributed by atoms with Crippen LogP contribution >= 0.6 is 11.8 Å². The molecule has 0 unspecified atom stereocenters. The summed E-state index contributed by atoms with van der Waals surface area (Å²) in [6.45, 7) is 0.404. The molecule has 0 aliphatic heterocycles. The van der Waals surface area contributed by atoms with Gasteiger partial charge in [0.1, 0.15) is 0 Å². The molecule has 26 heavy (non-hydrogen) atoms. The highest BCUT2D eigenvalue weighted by Gasteiger charge is 2.12. The number of aliphatic hydroxyl groups excluding tert-OH is 1. The number of carbonyl (C=O) groups is 1. The third kappa shape index (κ3) is 3.95. The van der Waals surface area contributed by atoms with Crippen LogP contribution in [0.25, 0.3) is 10.9 Å². The molecule has 3 N–H and O–H groups in total. The first-order valence-corrected chi connectivity index (χ1v) is 9.20. The Morgan fingerprint density at radius 1 is 1.19 bits per heavy atom. The number of rotatable bonds is 7. The van der Waals surface area contributed by atoms with Gasteiger partial charge < -0.3 is 10.8 Å². The van der Waals surface area contributed by atoms with E-state index in [2.05, 4.69) is 4.98 Å². The van der Waals surface area contributed by atoms with Gasteiger partial charge in [-0.1, -0.05) is 36.0 Å². The smallest absolute Gasteiger partial charge is 0.262 e. The lowest BCUT2D eigenvalue weighted by Crippen LogP contribution is -2.24. The standard InChI is InChI=1S/C19H19N3O3S/c20-17(24)14-6-3-5-13(11-14)12-26-19-21-16-8-2-1-7-15(16)18(25)22(19)9-4-10-23/h1-3,5-8,11,23H,4,9-10,12H2,(H2,20,24). The molecule has 1 heterocycles. The molecule has 1 aromatic heterocycles. The van der Waals surface area contributed by atoms with E-state index in [0.717, 1.165) is 5.56 Å². The molecule has 0 aliphatic rings. The molecule has 2 aromatic carbocycles. The number of amides is 1. The second-order valence-corrected chi connectivity index (χ2v) is 6.74. The fourth-order valence-corrected chi connectivity index (χ4v) is 3.61. The Bertz CT molecular complexity index is 1000. The number of thioether (sulfide) groups is 1. The average Bonchev–Trinajstić information content (AvgIpc) is 2.66. The number of nitrogens with two attached hydrogens (primary N) is 1. The molecule has 0 radical (unpaired) electrons. The Balaban J connectivity index is 1.94. The number of para-hydroxylation sites is 1. The molecule has 0 fully saturated rings. The molecule has 3 aromatic rings. The van der Waals surface area contributed by atoms with Crippen molar-refractivity contribution in [1.29, 1.82) is 0 Å². The quantitative estimate of drug-likeness (QED) is 0.491. The van der Waals surface area contributed by atoms with Crippen LogP contribution in [-0.2, 0) is 12.3 Å². The van der Waals surface area contributed by atoms with Crippen molar-refractivity contribution in [2.45, 2.75) is 23.9 Å². The highest BCUT2D eigenvalue weighted by molar-refractivity contribution is 7.98. The Morgan fingerprint density at radius 3 is 2.77 bits per heavy atom. The van der Waals surface area contributed by atoms with Crippen LogP contribution in [0.3, 0.4) is 0 Å². The normalized spacial score (nSPS) is 11.0. The second-order valence-electron chi connectivity index (χ2n) is 5.80. The van der Waals surface area contributed by atoms with Gasteiger partial charge in [0.05, 0.1) is 10.9 Å². The van der Waals surface area contributed by atoms with E-state index in [4.69, 9.17) is 10.8 Å². The summed E-state index contributed by atoms with van der Waals surface area (Å²) in [5.74, 6) is 0.0749. The number of hydrogen-bond acceptors (Lipinski definition) is 5. The highest BCUT2D eigenvalue weighted by atomic mass is 32.2. The fourth-order valence-electron chi connectivity index (χ4n) is 2.65. The monoisotopic (exact) mass is 369 g/mol. The Hall–Kier alpha value is -2.64. The van der Waals surface area contributed by atoms with Crippen LogP contribution in [0.15, 0.2) is 58.5 Å². The van der Waals surface area contributed by atoms with Crippen molar-refractivity contribution in [2.75, 3.05) is 6.61 Å². The van der Waals surface area contributed by atoms with Gasteiger partial charge >= 0.3 is 0 Å². The molecule has 0 spiro atoms. The predicted octanol–water partition coefficient (Wildman–Crippen LogP) is 2.17. The lowest BCUT2D eigenvalue weighted by atomic mass is 10.1. The number of nitrogens with zero attached hydrogens (tertiary/aromatic N) is 2. The van der Waals surface area contributed by atoms with E-state index in [0.29, 0.717) is 40.3 Å². The first-order chi connectivity index (χ1) is 12.6. The van der Waals surface area contributed by atoms with Crippen LogP contribution in [-0.4, -0.2) is 27.2 Å². The van der Waals surface area contributed by atoms with Crippen molar-refractivity contribution in [3.05, 3.63) is 70.0 Å². The molecule has 0 saturated heterocycles. The molecular weight excluding hydrogens is 350 g/mol. The number of aromatic nitrogens is 2. The summed E-state index contributed by atoms with van der Waals surface area (Å²) in [7, 11) is 0. The van der Waals surface area contributed by atoms with Gasteiger partial charge in [0, 0.05) is 24.5 Å². The Labute approximate surface area is 154 Å². The van der Waals surface area contributed by atoms with Gasteiger partial charge in [-0.2, -0.15) is 0 Å². The first-order valence-electron chi connectivity index (χ1n) is 8.22. The Kier molecular flexibility index (Phi) is 5.70. The summed E-state index contributed by atoms with van der Waals surface area (Å²) >= 11 is 1.42. The van der Waals surface area contributed by atoms with Crippen LogP contribution < -0.4 is 11.3 Å². The van der Waals surface area contributed by atoms with Gasteiger partial charge in [0.15, 0.2) is 5.16 Å². The molecule has 0 saturated carbocycles. The van der Waals surface area contributed by atoms with Crippen molar-refractivity contribution in [3.8, 4) is 0 Å². The molecule has 0 atom stereocenters. The topological polar surface area (TPSA) is 98.2 Å². The zero-order chi connectivity index (χ0) is 18.5. The van der Waals surface area contributed by atoms with Crippen molar-refractivity contribution >= 4 is 28.6 Å². The molecule has 134 valence electrons. The zero-order valence-electron chi connectivity index (χ0n) is 14.1. The van der Waals surface area contributed by atoms with E-state index in [1.165, 1.54) is 11.8 Å². The van der Waals surface area contributed by atoms with Crippen molar-refractivity contribution in [1.82, 2.24) is 9.55 Å². The van der Waals surface area contributed by atoms with E-state index >= 15 is 0 Å². The second kappa shape index (κ2) is 8.16. The van der Waals surface area contributed by atoms with Gasteiger partial charge in [0.2, 0.25) is 5.91 Å². The van der Waals surface area contributed by atoms with E-state index in [9.17, 15) is 9.59 Å². The van der Waals surface area contributed by atoms with Crippen LogP contribution in [0.5, 0.6) is 0 Å². The number of fused-ring (bicyclic) bond motifs is 1. The van der Waals surface area contributed by atoms with Crippen LogP contribution in [0, 0.1) is 0 Å². The minimum atomic E-state index is -0.472. The summed E-state index contributed by atoms with van der Waals surface area (Å²) in [4.78, 5) is 28.7. The molecule has 3 rings (SSSR count). The summed E-state index contributed by atoms with van der Waals surface area (Å²) in [6, 6.07) is 14.3. The van der Waals surface area contributed by atoms with Gasteiger partial charge in [-0.05, 0) is 36.2 Å². The van der Waals surface area contributed by atoms with Crippen molar-refractivity contribution in [2.24, 2.45) is 5.73 Å². The maximum Gasteiger partial charge on any atom is 0.262 e. The average molecular weight is 369 g/mol. The summed E-state index contributed by atoms with van der Waals surface area (Å²) < 4.78 is 1.60. The van der Waals surface area contributed by atoms with E-state index < -0.39 is 5.91 Å². The van der Waals surface area contributed by atoms with Gasteiger partial charge in [-0.15, -0.1) is 0 Å². The number of aliphatic hydroxyl groups is 1. The number of hydrogen-bond donors (Lipinski definition) is 2. The van der Waals surface area contributed by atoms with Gasteiger partial charge in [-0.25, -0.2) is 4.98 Å². The van der Waals surface area contributed by atoms with Crippen molar-refractivity contribution < 1.29 is 9.90 Å². The third-order valence-corrected chi connectivity index (χ3v) is 4.99. The van der Waals surface area contributed by atoms with E-state index in [-0.39, 0.29) is 12.2 Å². The third-order valence-electron chi connectivity index (χ3n) is 3.95. The number of primary amides is 1. The zero-order valence-corrected chi connectivity index (χ0v) is 14.9. The lowest BCUT2D eigenvalue weighted by molar-refractivity contribution is 0.1000. The van der Waals surface area contributed by atoms with Gasteiger partial charge in [0.25, 0.3) is 5.56 Å². The Morgan fingerprint density at radius 2 is 2.00 bits per heavy atom. The van der Waals surface area contributed by atoms with Gasteiger partial charge in [-0.3, -0.25) is 14.2 Å². The highest BCUT2D eigenvalue weighted by Crippen LogP contribution is 2.23. The van der Waals surface area contributed by atoms with E-state index in [1.54, 1.807) is 28.8 Å². The lowest BCUT2D eigenvalue weighted by Gasteiger charge is -2.12. The minimum Gasteiger partial charge on any atom is -0.396 e. The van der Waals surface area contributed by atoms with Crippen LogP contribution in [0.4, 0.5) is 0 Å². The molecule has 0 aliphatic carbocycles. The SMILES string of the molecule is NC(=O)c1cccc(CSc2nc3ccccc3c(=O)n2CCCO)c1. The first kappa shape index (κ1) is 18.2. The summed E-state index contributed by atoms with van der Waals surface area (Å²) in [5.41, 5.74) is 7.22. The maximum absolute atomic E-state index is 12.8. The maximum atomic E-state index is 12.8.